The third-order valence-electron chi connectivity index (χ3n) is 4.68. The lowest BCUT2D eigenvalue weighted by Crippen LogP contribution is -2.26. The number of aromatic nitrogens is 3. The lowest BCUT2D eigenvalue weighted by molar-refractivity contribution is 0.0635. The average Bonchev–Trinajstić information content (AvgIpc) is 2.94. The van der Waals surface area contributed by atoms with Crippen molar-refractivity contribution in [3.8, 4) is 0 Å². The number of benzene rings is 1. The summed E-state index contributed by atoms with van der Waals surface area (Å²) in [6, 6.07) is 12.0. The number of ether oxygens (including phenoxy) is 1. The fourth-order valence-electron chi connectivity index (χ4n) is 3.11. The first-order chi connectivity index (χ1) is 13.0. The number of fused-ring (bicyclic) bond motifs is 1. The molecule has 6 nitrogen and oxygen atoms in total. The predicted octanol–water partition coefficient (Wildman–Crippen LogP) is 3.48. The number of hydrogen-bond acceptors (Lipinski definition) is 4. The van der Waals surface area contributed by atoms with Gasteiger partial charge in [0.1, 0.15) is 0 Å². The molecule has 1 aromatic carbocycles. The SMILES string of the molecule is Cc1nc2c(cc1C(=O)NCCCOC(C)c1ccccc1)c(C)nn2C. The second-order valence-electron chi connectivity index (χ2n) is 6.73. The number of amides is 1. The number of aryl methyl sites for hydroxylation is 3. The van der Waals surface area contributed by atoms with Crippen LogP contribution < -0.4 is 5.32 Å². The van der Waals surface area contributed by atoms with Crippen LogP contribution in [0.3, 0.4) is 0 Å². The van der Waals surface area contributed by atoms with Crippen LogP contribution in [0.5, 0.6) is 0 Å². The molecule has 27 heavy (non-hydrogen) atoms. The summed E-state index contributed by atoms with van der Waals surface area (Å²) >= 11 is 0. The van der Waals surface area contributed by atoms with Crippen molar-refractivity contribution in [2.75, 3.05) is 13.2 Å². The summed E-state index contributed by atoms with van der Waals surface area (Å²) < 4.78 is 7.58. The fraction of sp³-hybridized carbons (Fsp3) is 0.381. The minimum atomic E-state index is -0.110. The molecular weight excluding hydrogens is 340 g/mol. The summed E-state index contributed by atoms with van der Waals surface area (Å²) in [4.78, 5) is 17.1. The highest BCUT2D eigenvalue weighted by Gasteiger charge is 2.15. The van der Waals surface area contributed by atoms with Crippen molar-refractivity contribution in [2.24, 2.45) is 7.05 Å². The van der Waals surface area contributed by atoms with E-state index in [0.717, 1.165) is 28.7 Å². The van der Waals surface area contributed by atoms with Gasteiger partial charge in [0.05, 0.1) is 23.1 Å². The number of pyridine rings is 1. The van der Waals surface area contributed by atoms with E-state index in [2.05, 4.69) is 27.5 Å². The summed E-state index contributed by atoms with van der Waals surface area (Å²) in [5.74, 6) is -0.110. The number of nitrogens with zero attached hydrogens (tertiary/aromatic N) is 3. The Hall–Kier alpha value is -2.73. The van der Waals surface area contributed by atoms with Gasteiger partial charge in [0.25, 0.3) is 5.91 Å². The second-order valence-corrected chi connectivity index (χ2v) is 6.73. The topological polar surface area (TPSA) is 69.0 Å². The molecule has 0 bridgehead atoms. The standard InChI is InChI=1S/C21H26N4O2/c1-14-19(13-18-15(2)24-25(4)20(18)23-14)21(26)22-11-8-12-27-16(3)17-9-6-5-7-10-17/h5-7,9-10,13,16H,8,11-12H2,1-4H3,(H,22,26). The minimum absolute atomic E-state index is 0.0457. The van der Waals surface area contributed by atoms with Gasteiger partial charge >= 0.3 is 0 Å². The van der Waals surface area contributed by atoms with E-state index in [1.165, 1.54) is 0 Å². The van der Waals surface area contributed by atoms with Crippen molar-refractivity contribution in [1.82, 2.24) is 20.1 Å². The molecule has 142 valence electrons. The van der Waals surface area contributed by atoms with E-state index in [0.29, 0.717) is 24.4 Å². The summed E-state index contributed by atoms with van der Waals surface area (Å²) in [7, 11) is 1.86. The van der Waals surface area contributed by atoms with Crippen LogP contribution in [-0.2, 0) is 11.8 Å². The number of rotatable bonds is 7. The van der Waals surface area contributed by atoms with E-state index in [9.17, 15) is 4.79 Å². The summed E-state index contributed by atoms with van der Waals surface area (Å²) in [5, 5.41) is 8.23. The third-order valence-corrected chi connectivity index (χ3v) is 4.68. The predicted molar refractivity (Wildman–Crippen MR) is 106 cm³/mol. The molecule has 0 spiro atoms. The number of carbonyl (C=O) groups excluding carboxylic acids is 1. The first-order valence-electron chi connectivity index (χ1n) is 9.23. The van der Waals surface area contributed by atoms with Crippen molar-refractivity contribution in [3.63, 3.8) is 0 Å². The lowest BCUT2D eigenvalue weighted by Gasteiger charge is -2.13. The van der Waals surface area contributed by atoms with E-state index in [1.807, 2.05) is 52.1 Å². The molecule has 0 aliphatic heterocycles. The van der Waals surface area contributed by atoms with Crippen LogP contribution in [0.15, 0.2) is 36.4 Å². The van der Waals surface area contributed by atoms with Gasteiger partial charge < -0.3 is 10.1 Å². The van der Waals surface area contributed by atoms with Crippen LogP contribution in [0.4, 0.5) is 0 Å². The molecule has 2 aromatic heterocycles. The maximum Gasteiger partial charge on any atom is 0.253 e. The first-order valence-corrected chi connectivity index (χ1v) is 9.23. The Morgan fingerprint density at radius 1 is 1.22 bits per heavy atom. The van der Waals surface area contributed by atoms with Crippen molar-refractivity contribution < 1.29 is 9.53 Å². The van der Waals surface area contributed by atoms with E-state index in [1.54, 1.807) is 4.68 Å². The number of carbonyl (C=O) groups is 1. The highest BCUT2D eigenvalue weighted by Crippen LogP contribution is 2.19. The fourth-order valence-corrected chi connectivity index (χ4v) is 3.11. The molecule has 3 rings (SSSR count). The van der Waals surface area contributed by atoms with Gasteiger partial charge in [-0.3, -0.25) is 9.48 Å². The Morgan fingerprint density at radius 3 is 2.70 bits per heavy atom. The summed E-state index contributed by atoms with van der Waals surface area (Å²) in [6.07, 6.45) is 0.799. The number of hydrogen-bond donors (Lipinski definition) is 1. The van der Waals surface area contributed by atoms with Crippen LogP contribution in [0, 0.1) is 13.8 Å². The normalized spacial score (nSPS) is 12.3. The van der Waals surface area contributed by atoms with Gasteiger partial charge in [-0.1, -0.05) is 30.3 Å². The Kier molecular flexibility index (Phi) is 5.86. The molecular formula is C21H26N4O2. The summed E-state index contributed by atoms with van der Waals surface area (Å²) in [6.45, 7) is 6.96. The van der Waals surface area contributed by atoms with Crippen LogP contribution in [0.1, 0.15) is 46.8 Å². The second kappa shape index (κ2) is 8.31. The Balaban J connectivity index is 1.52. The smallest absolute Gasteiger partial charge is 0.253 e. The van der Waals surface area contributed by atoms with Gasteiger partial charge in [-0.15, -0.1) is 0 Å². The van der Waals surface area contributed by atoms with Crippen molar-refractivity contribution in [2.45, 2.75) is 33.3 Å². The van der Waals surface area contributed by atoms with Crippen molar-refractivity contribution in [3.05, 3.63) is 58.9 Å². The zero-order chi connectivity index (χ0) is 19.4. The molecule has 0 fully saturated rings. The third kappa shape index (κ3) is 4.34. The van der Waals surface area contributed by atoms with Crippen LogP contribution in [0.2, 0.25) is 0 Å². The van der Waals surface area contributed by atoms with Gasteiger partial charge in [-0.05, 0) is 38.8 Å². The first kappa shape index (κ1) is 19.0. The Labute approximate surface area is 159 Å². The molecule has 1 atom stereocenters. The Bertz CT molecular complexity index is 934. The highest BCUT2D eigenvalue weighted by molar-refractivity contribution is 5.98. The van der Waals surface area contributed by atoms with Crippen molar-refractivity contribution >= 4 is 16.9 Å². The quantitative estimate of drug-likeness (QED) is 0.650. The van der Waals surface area contributed by atoms with Gasteiger partial charge in [-0.25, -0.2) is 4.98 Å². The van der Waals surface area contributed by atoms with Gasteiger partial charge in [0, 0.05) is 25.6 Å². The lowest BCUT2D eigenvalue weighted by atomic mass is 10.1. The van der Waals surface area contributed by atoms with Crippen molar-refractivity contribution in [1.29, 1.82) is 0 Å². The minimum Gasteiger partial charge on any atom is -0.374 e. The molecule has 0 aliphatic carbocycles. The Morgan fingerprint density at radius 2 is 1.96 bits per heavy atom. The van der Waals surface area contributed by atoms with Gasteiger partial charge in [0.15, 0.2) is 5.65 Å². The van der Waals surface area contributed by atoms with Crippen LogP contribution in [-0.4, -0.2) is 33.8 Å². The van der Waals surface area contributed by atoms with E-state index < -0.39 is 0 Å². The molecule has 0 saturated carbocycles. The zero-order valence-corrected chi connectivity index (χ0v) is 16.3. The van der Waals surface area contributed by atoms with Gasteiger partial charge in [0.2, 0.25) is 0 Å². The monoisotopic (exact) mass is 366 g/mol. The number of nitrogens with one attached hydrogen (secondary N) is 1. The molecule has 0 saturated heterocycles. The molecule has 2 heterocycles. The highest BCUT2D eigenvalue weighted by atomic mass is 16.5. The maximum absolute atomic E-state index is 12.5. The van der Waals surface area contributed by atoms with Crippen LogP contribution >= 0.6 is 0 Å². The van der Waals surface area contributed by atoms with Crippen LogP contribution in [0.25, 0.3) is 11.0 Å². The molecule has 1 amide bonds. The molecule has 6 heteroatoms. The molecule has 1 unspecified atom stereocenters. The zero-order valence-electron chi connectivity index (χ0n) is 16.3. The summed E-state index contributed by atoms with van der Waals surface area (Å²) in [5.41, 5.74) is 4.12. The van der Waals surface area contributed by atoms with E-state index >= 15 is 0 Å². The largest absolute Gasteiger partial charge is 0.374 e. The van der Waals surface area contributed by atoms with E-state index in [-0.39, 0.29) is 12.0 Å². The van der Waals surface area contributed by atoms with E-state index in [4.69, 9.17) is 4.74 Å². The molecule has 0 aliphatic rings. The van der Waals surface area contributed by atoms with Gasteiger partial charge in [-0.2, -0.15) is 5.10 Å². The molecule has 3 aromatic rings. The average molecular weight is 366 g/mol. The molecule has 0 radical (unpaired) electrons. The molecule has 1 N–H and O–H groups in total. The maximum atomic E-state index is 12.5.